The van der Waals surface area contributed by atoms with Crippen LogP contribution in [0.1, 0.15) is 111 Å². The highest BCUT2D eigenvalue weighted by molar-refractivity contribution is 5.76. The van der Waals surface area contributed by atoms with Crippen molar-refractivity contribution >= 4 is 11.8 Å². The first-order valence-corrected chi connectivity index (χ1v) is 20.7. The van der Waals surface area contributed by atoms with E-state index in [4.69, 9.17) is 10.5 Å². The quantitative estimate of drug-likeness (QED) is 0.241. The molecule has 5 aliphatic carbocycles. The minimum atomic E-state index is -2.11. The summed E-state index contributed by atoms with van der Waals surface area (Å²) in [5.41, 5.74) is 3.01. The van der Waals surface area contributed by atoms with Crippen molar-refractivity contribution in [2.45, 2.75) is 136 Å². The smallest absolute Gasteiger partial charge is 0.351 e. The van der Waals surface area contributed by atoms with E-state index in [9.17, 15) is 30.0 Å². The number of nitrogen functional groups attached to an aromatic ring is 1. The van der Waals surface area contributed by atoms with Crippen molar-refractivity contribution in [1.29, 1.82) is 0 Å². The third-order valence-electron chi connectivity index (χ3n) is 17.7. The van der Waals surface area contributed by atoms with Crippen molar-refractivity contribution in [3.8, 4) is 0 Å². The van der Waals surface area contributed by atoms with Gasteiger partial charge in [0.2, 0.25) is 5.72 Å². The molecule has 15 atom stereocenters. The molecule has 6 aliphatic rings. The zero-order valence-electron chi connectivity index (χ0n) is 33.7. The van der Waals surface area contributed by atoms with Crippen molar-refractivity contribution in [3.05, 3.63) is 46.8 Å². The number of fused-ring (bicyclic) bond motifs is 7. The maximum atomic E-state index is 15.7. The van der Waals surface area contributed by atoms with Crippen LogP contribution in [0.3, 0.4) is 0 Å². The summed E-state index contributed by atoms with van der Waals surface area (Å²) < 4.78 is 23.6. The number of aliphatic hydroxyl groups excluding tert-OH is 3. The zero-order valence-corrected chi connectivity index (χ0v) is 33.7. The molecule has 0 radical (unpaired) electrons. The van der Waals surface area contributed by atoms with Gasteiger partial charge in [-0.1, -0.05) is 52.0 Å². The fourth-order valence-electron chi connectivity index (χ4n) is 14.9. The first-order chi connectivity index (χ1) is 26.2. The molecule has 14 heteroatoms. The summed E-state index contributed by atoms with van der Waals surface area (Å²) >= 11 is 0. The Morgan fingerprint density at radius 1 is 1.04 bits per heavy atom. The van der Waals surface area contributed by atoms with Crippen LogP contribution in [0.25, 0.3) is 0 Å². The molecule has 6 fully saturated rings. The molecule has 56 heavy (non-hydrogen) atoms. The summed E-state index contributed by atoms with van der Waals surface area (Å²) in [4.78, 5) is 29.3. The van der Waals surface area contributed by atoms with Gasteiger partial charge in [-0.25, -0.2) is 13.9 Å². The zero-order chi connectivity index (χ0) is 40.5. The molecule has 0 spiro atoms. The first kappa shape index (κ1) is 39.6. The van der Waals surface area contributed by atoms with Gasteiger partial charge >= 0.3 is 11.7 Å². The predicted octanol–water partition coefficient (Wildman–Crippen LogP) is 4.86. The molecule has 1 aliphatic heterocycles. The number of carboxylic acid groups (broad SMARTS) is 1. The summed E-state index contributed by atoms with van der Waals surface area (Å²) in [6, 6.07) is 1.31. The minimum absolute atomic E-state index is 0.0229. The highest BCUT2D eigenvalue weighted by atomic mass is 19.1. The normalized spacial score (nSPS) is 46.7. The van der Waals surface area contributed by atoms with E-state index in [1.54, 1.807) is 0 Å². The second-order valence-electron chi connectivity index (χ2n) is 20.2. The number of nitrogens with zero attached hydrogens (tertiary/aromatic N) is 5. The van der Waals surface area contributed by atoms with E-state index in [0.29, 0.717) is 30.4 Å². The Morgan fingerprint density at radius 3 is 2.43 bits per heavy atom. The van der Waals surface area contributed by atoms with Gasteiger partial charge in [-0.3, -0.25) is 9.36 Å². The molecule has 0 bridgehead atoms. The molecular weight excluding hydrogens is 719 g/mol. The van der Waals surface area contributed by atoms with Crippen LogP contribution in [0.15, 0.2) is 35.4 Å². The molecule has 2 aromatic heterocycles. The maximum Gasteiger partial charge on any atom is 0.351 e. The first-order valence-electron chi connectivity index (χ1n) is 20.7. The average molecular weight is 781 g/mol. The Balaban J connectivity index is 1.08. The average Bonchev–Trinajstić information content (AvgIpc) is 3.83. The monoisotopic (exact) mass is 780 g/mol. The molecule has 5 saturated carbocycles. The van der Waals surface area contributed by atoms with Gasteiger partial charge in [0.05, 0.1) is 30.0 Å². The fourth-order valence-corrected chi connectivity index (χ4v) is 14.9. The lowest BCUT2D eigenvalue weighted by Crippen LogP contribution is -2.68. The molecule has 0 aromatic carbocycles. The minimum Gasteiger partial charge on any atom is -0.481 e. The molecule has 2 aromatic rings. The number of aliphatic carboxylic acids is 1. The lowest BCUT2D eigenvalue weighted by molar-refractivity contribution is -0.256. The molecule has 0 unspecified atom stereocenters. The number of aliphatic hydroxyl groups is 3. The van der Waals surface area contributed by atoms with Crippen LogP contribution < -0.4 is 11.4 Å². The standard InChI is InChI=1S/C42H61FN6O7/c1-22(2)25-10-14-41(35(53)54)16-15-39(6)26(30(25)41)8-9-28-38(5)19-23(32(51)37(3,4)27(38)11-13-40(28,39)7)18-24-20-49(47-46-24)42(21-50)33(52)31(43)34(56-42)48-17-12-29(44)45-36(48)55/h12,17,20,23,25-28,30-34,50-52H,1,8-11,13-16,18-19,21H2,2-7H3,(H,53,54)(H2,44,45,55)/t23-,25+,26-,27+,28-,30-,31+,32+,33+,34-,38+,39-,40-,41+,42-/m1/s1. The van der Waals surface area contributed by atoms with E-state index < -0.39 is 59.4 Å². The number of anilines is 1. The third kappa shape index (κ3) is 5.12. The van der Waals surface area contributed by atoms with E-state index in [-0.39, 0.29) is 45.7 Å². The lowest BCUT2D eigenvalue weighted by Gasteiger charge is -2.73. The molecule has 308 valence electrons. The number of carboxylic acids is 1. The van der Waals surface area contributed by atoms with Gasteiger partial charge in [0.15, 0.2) is 12.4 Å². The van der Waals surface area contributed by atoms with Crippen LogP contribution in [-0.4, -0.2) is 75.9 Å². The van der Waals surface area contributed by atoms with Gasteiger partial charge in [-0.2, -0.15) is 4.98 Å². The Hall–Kier alpha value is -3.20. The topological polar surface area (TPSA) is 199 Å². The van der Waals surface area contributed by atoms with E-state index >= 15 is 4.39 Å². The van der Waals surface area contributed by atoms with Crippen LogP contribution in [0.5, 0.6) is 0 Å². The lowest BCUT2D eigenvalue weighted by atomic mass is 9.31. The van der Waals surface area contributed by atoms with E-state index in [0.717, 1.165) is 66.2 Å². The fraction of sp³-hybridized carbons (Fsp3) is 0.786. The number of hydrogen-bond acceptors (Lipinski definition) is 10. The van der Waals surface area contributed by atoms with Gasteiger partial charge in [-0.15, -0.1) is 5.10 Å². The van der Waals surface area contributed by atoms with E-state index in [1.807, 2.05) is 0 Å². The van der Waals surface area contributed by atoms with Gasteiger partial charge in [0.1, 0.15) is 11.9 Å². The molecule has 0 amide bonds. The Kier molecular flexibility index (Phi) is 9.13. The second-order valence-corrected chi connectivity index (χ2v) is 20.2. The highest BCUT2D eigenvalue weighted by Crippen LogP contribution is 2.78. The van der Waals surface area contributed by atoms with Gasteiger partial charge < -0.3 is 30.9 Å². The predicted molar refractivity (Wildman–Crippen MR) is 204 cm³/mol. The molecule has 3 heterocycles. The number of ether oxygens (including phenoxy) is 1. The second kappa shape index (κ2) is 12.9. The number of carbonyl (C=O) groups is 1. The Morgan fingerprint density at radius 2 is 1.77 bits per heavy atom. The number of nitrogens with two attached hydrogens (primary N) is 1. The molecule has 13 nitrogen and oxygen atoms in total. The number of alkyl halides is 1. The van der Waals surface area contributed by atoms with Crippen molar-refractivity contribution < 1.29 is 34.3 Å². The van der Waals surface area contributed by atoms with Crippen LogP contribution in [-0.2, 0) is 21.7 Å². The van der Waals surface area contributed by atoms with Gasteiger partial charge in [0, 0.05) is 6.20 Å². The van der Waals surface area contributed by atoms with E-state index in [2.05, 4.69) is 63.4 Å². The van der Waals surface area contributed by atoms with Crippen molar-refractivity contribution in [1.82, 2.24) is 24.5 Å². The number of halogens is 1. The summed E-state index contributed by atoms with van der Waals surface area (Å²) in [5, 5.41) is 53.2. The summed E-state index contributed by atoms with van der Waals surface area (Å²) in [7, 11) is 0. The Labute approximate surface area is 327 Å². The molecular formula is C42H61FN6O7. The molecule has 1 saturated heterocycles. The SMILES string of the molecule is C=C(C)[C@@H]1CC[C@]2(C(=O)O)CC[C@]3(C)[C@H](CC[C@@H]4[C@@]5(C)C[C@@H](Cc6cn([C@]7(CO)O[C@@H](n8ccc(N)nc8=O)[C@@H](F)[C@@H]7O)nn6)[C@H](O)C(C)(C)[C@@H]5CC[C@]43C)[C@@H]12. The molecule has 6 N–H and O–H groups in total. The van der Waals surface area contributed by atoms with Gasteiger partial charge in [0.25, 0.3) is 0 Å². The van der Waals surface area contributed by atoms with Crippen molar-refractivity contribution in [2.24, 2.45) is 62.6 Å². The van der Waals surface area contributed by atoms with Crippen LogP contribution in [0.2, 0.25) is 0 Å². The number of hydrogen-bond donors (Lipinski definition) is 5. The summed E-state index contributed by atoms with van der Waals surface area (Å²) in [6.07, 6.45) is 4.90. The van der Waals surface area contributed by atoms with Crippen LogP contribution in [0.4, 0.5) is 10.2 Å². The van der Waals surface area contributed by atoms with Crippen molar-refractivity contribution in [2.75, 3.05) is 12.3 Å². The maximum absolute atomic E-state index is 15.7. The summed E-state index contributed by atoms with van der Waals surface area (Å²) in [5.74, 6) is 0.388. The number of allylic oxidation sites excluding steroid dienone is 1. The van der Waals surface area contributed by atoms with Crippen LogP contribution in [0, 0.1) is 62.6 Å². The summed E-state index contributed by atoms with van der Waals surface area (Å²) in [6.45, 7) is 17.4. The number of aromatic nitrogens is 5. The Bertz CT molecular complexity index is 1970. The van der Waals surface area contributed by atoms with Gasteiger partial charge in [-0.05, 0) is 134 Å². The van der Waals surface area contributed by atoms with Crippen LogP contribution >= 0.6 is 0 Å². The van der Waals surface area contributed by atoms with E-state index in [1.165, 1.54) is 18.5 Å². The largest absolute Gasteiger partial charge is 0.481 e. The molecule has 8 rings (SSSR count). The number of rotatable bonds is 7. The third-order valence-corrected chi connectivity index (χ3v) is 17.7. The van der Waals surface area contributed by atoms with Crippen molar-refractivity contribution in [3.63, 3.8) is 0 Å². The highest BCUT2D eigenvalue weighted by Gasteiger charge is 2.72.